The maximum Gasteiger partial charge on any atom is 0.136 e. The lowest BCUT2D eigenvalue weighted by molar-refractivity contribution is 0.677. The van der Waals surface area contributed by atoms with Gasteiger partial charge >= 0.3 is 0 Å². The zero-order valence-corrected chi connectivity index (χ0v) is 11.5. The summed E-state index contributed by atoms with van der Waals surface area (Å²) < 4.78 is 0. The Morgan fingerprint density at radius 1 is 1.29 bits per heavy atom. The second-order valence-electron chi connectivity index (χ2n) is 3.22. The van der Waals surface area contributed by atoms with Gasteiger partial charge in [0.15, 0.2) is 0 Å². The van der Waals surface area contributed by atoms with Gasteiger partial charge in [0, 0.05) is 24.6 Å². The molecule has 0 radical (unpaired) electrons. The van der Waals surface area contributed by atoms with E-state index in [1.165, 1.54) is 0 Å². The van der Waals surface area contributed by atoms with Crippen LogP contribution in [0.5, 0.6) is 0 Å². The van der Waals surface area contributed by atoms with Gasteiger partial charge in [-0.1, -0.05) is 39.2 Å². The first-order valence-corrected chi connectivity index (χ1v) is 5.70. The maximum atomic E-state index is 5.50. The van der Waals surface area contributed by atoms with E-state index in [2.05, 4.69) is 24.7 Å². The molecule has 0 fully saturated rings. The van der Waals surface area contributed by atoms with Gasteiger partial charge in [0.1, 0.15) is 5.84 Å². The molecule has 0 aromatic rings. The topological polar surface area (TPSA) is 41.6 Å². The van der Waals surface area contributed by atoms with Crippen LogP contribution in [0.1, 0.15) is 27.7 Å². The Morgan fingerprint density at radius 2 is 1.82 bits per heavy atom. The lowest BCUT2D eigenvalue weighted by Gasteiger charge is -2.20. The minimum Gasteiger partial charge on any atom is -0.325 e. The number of rotatable bonds is 5. The highest BCUT2D eigenvalue weighted by Crippen LogP contribution is 2.04. The highest BCUT2D eigenvalue weighted by molar-refractivity contribution is 5.94. The van der Waals surface area contributed by atoms with E-state index < -0.39 is 0 Å². The summed E-state index contributed by atoms with van der Waals surface area (Å²) in [4.78, 5) is 5.97. The molecule has 0 aliphatic rings. The summed E-state index contributed by atoms with van der Waals surface area (Å²) in [5.41, 5.74) is 7.34. The van der Waals surface area contributed by atoms with E-state index in [9.17, 15) is 0 Å². The Kier molecular flexibility index (Phi) is 11.4. The average molecular weight is 235 g/mol. The van der Waals surface area contributed by atoms with Crippen molar-refractivity contribution in [2.75, 3.05) is 6.54 Å². The molecule has 0 aliphatic heterocycles. The minimum absolute atomic E-state index is 0.355. The fourth-order valence-electron chi connectivity index (χ4n) is 0.891. The fourth-order valence-corrected chi connectivity index (χ4v) is 0.891. The molecule has 0 saturated heterocycles. The number of nitrogens with two attached hydrogens (primary N) is 1. The lowest BCUT2D eigenvalue weighted by Crippen LogP contribution is -2.26. The molecule has 0 unspecified atom stereocenters. The molecule has 0 bridgehead atoms. The quantitative estimate of drug-likeness (QED) is 0.586. The van der Waals surface area contributed by atoms with E-state index in [4.69, 9.17) is 5.73 Å². The van der Waals surface area contributed by atoms with Crippen molar-refractivity contribution in [3.8, 4) is 0 Å². The number of hydrogen-bond acceptors (Lipinski definition) is 2. The van der Waals surface area contributed by atoms with Gasteiger partial charge in [0.05, 0.1) is 0 Å². The molecular formula is C14H25N3. The van der Waals surface area contributed by atoms with Crippen LogP contribution in [0.15, 0.2) is 54.5 Å². The van der Waals surface area contributed by atoms with E-state index in [1.54, 1.807) is 23.4 Å². The Morgan fingerprint density at radius 3 is 2.12 bits per heavy atom. The summed E-state index contributed by atoms with van der Waals surface area (Å²) in [6, 6.07) is 0. The van der Waals surface area contributed by atoms with E-state index in [-0.39, 0.29) is 0 Å². The highest BCUT2D eigenvalue weighted by Gasteiger charge is 2.06. The van der Waals surface area contributed by atoms with Crippen LogP contribution in [0, 0.1) is 0 Å². The Labute approximate surface area is 106 Å². The standard InChI is InChI=1S/C12H19N3.C2H6/c1-6-12(14-9-10(3)4)15(7-2)11(5)8-13;1-2/h6-7,9H,1-2,5,8,13H2,3-4H3;1-2H3. The summed E-state index contributed by atoms with van der Waals surface area (Å²) in [6.45, 7) is 19.5. The highest BCUT2D eigenvalue weighted by atomic mass is 15.2. The Bertz CT molecular complexity index is 307. The van der Waals surface area contributed by atoms with Gasteiger partial charge in [-0.05, 0) is 19.9 Å². The number of nitrogens with zero attached hydrogens (tertiary/aromatic N) is 2. The molecule has 0 heterocycles. The van der Waals surface area contributed by atoms with Gasteiger partial charge in [0.25, 0.3) is 0 Å². The SMILES string of the molecule is C=CC(=NC=C(C)C)N(C=C)C(=C)CN.CC. The monoisotopic (exact) mass is 235 g/mol. The van der Waals surface area contributed by atoms with E-state index in [1.807, 2.05) is 27.7 Å². The molecule has 0 rings (SSSR count). The predicted molar refractivity (Wildman–Crippen MR) is 78.6 cm³/mol. The molecule has 0 saturated carbocycles. The lowest BCUT2D eigenvalue weighted by atomic mass is 10.3. The largest absolute Gasteiger partial charge is 0.325 e. The molecule has 96 valence electrons. The van der Waals surface area contributed by atoms with Crippen molar-refractivity contribution in [1.82, 2.24) is 4.90 Å². The van der Waals surface area contributed by atoms with Crippen LogP contribution in [0.4, 0.5) is 0 Å². The Hall–Kier alpha value is -1.61. The van der Waals surface area contributed by atoms with Crippen LogP contribution in [-0.4, -0.2) is 17.3 Å². The normalized spacial score (nSPS) is 9.59. The molecule has 0 aliphatic carbocycles. The molecule has 0 amide bonds. The summed E-state index contributed by atoms with van der Waals surface area (Å²) in [7, 11) is 0. The molecule has 3 heteroatoms. The summed E-state index contributed by atoms with van der Waals surface area (Å²) >= 11 is 0. The van der Waals surface area contributed by atoms with Crippen LogP contribution in [0.3, 0.4) is 0 Å². The van der Waals surface area contributed by atoms with Crippen molar-refractivity contribution in [3.05, 3.63) is 49.5 Å². The number of amidine groups is 1. The molecule has 2 N–H and O–H groups in total. The van der Waals surface area contributed by atoms with Crippen molar-refractivity contribution in [2.24, 2.45) is 10.7 Å². The van der Waals surface area contributed by atoms with Crippen molar-refractivity contribution in [1.29, 1.82) is 0 Å². The third-order valence-corrected chi connectivity index (χ3v) is 1.64. The molecule has 0 atom stereocenters. The molecule has 0 aromatic carbocycles. The zero-order chi connectivity index (χ0) is 13.8. The van der Waals surface area contributed by atoms with Crippen molar-refractivity contribution in [3.63, 3.8) is 0 Å². The summed E-state index contributed by atoms with van der Waals surface area (Å²) in [5, 5.41) is 0. The first kappa shape index (κ1) is 17.8. The van der Waals surface area contributed by atoms with Gasteiger partial charge in [0.2, 0.25) is 0 Å². The fraction of sp³-hybridized carbons (Fsp3) is 0.357. The predicted octanol–water partition coefficient (Wildman–Crippen LogP) is 3.44. The van der Waals surface area contributed by atoms with Crippen molar-refractivity contribution < 1.29 is 0 Å². The average Bonchev–Trinajstić information content (AvgIpc) is 2.35. The van der Waals surface area contributed by atoms with Crippen LogP contribution >= 0.6 is 0 Å². The zero-order valence-electron chi connectivity index (χ0n) is 11.5. The van der Waals surface area contributed by atoms with Crippen LogP contribution < -0.4 is 5.73 Å². The number of hydrogen-bond donors (Lipinski definition) is 1. The summed E-state index contributed by atoms with van der Waals surface area (Å²) in [5.74, 6) is 0.668. The Balaban J connectivity index is 0. The minimum atomic E-state index is 0.355. The third-order valence-electron chi connectivity index (χ3n) is 1.64. The second-order valence-corrected chi connectivity index (χ2v) is 3.22. The number of allylic oxidation sites excluding steroid dienone is 1. The van der Waals surface area contributed by atoms with Crippen molar-refractivity contribution >= 4 is 5.84 Å². The van der Waals surface area contributed by atoms with E-state index >= 15 is 0 Å². The van der Waals surface area contributed by atoms with Gasteiger partial charge in [-0.2, -0.15) is 0 Å². The first-order valence-electron chi connectivity index (χ1n) is 5.70. The molecule has 0 spiro atoms. The van der Waals surface area contributed by atoms with Gasteiger partial charge in [-0.15, -0.1) is 0 Å². The van der Waals surface area contributed by atoms with Crippen LogP contribution in [0.25, 0.3) is 0 Å². The molecule has 0 aromatic heterocycles. The third kappa shape index (κ3) is 7.30. The van der Waals surface area contributed by atoms with E-state index in [0.29, 0.717) is 12.4 Å². The van der Waals surface area contributed by atoms with Crippen LogP contribution in [0.2, 0.25) is 0 Å². The smallest absolute Gasteiger partial charge is 0.136 e. The number of aliphatic imine (C=N–C) groups is 1. The molecule has 3 nitrogen and oxygen atoms in total. The first-order chi connectivity index (χ1) is 8.06. The van der Waals surface area contributed by atoms with Gasteiger partial charge in [-0.25, -0.2) is 4.99 Å². The summed E-state index contributed by atoms with van der Waals surface area (Å²) in [6.07, 6.45) is 5.02. The van der Waals surface area contributed by atoms with Gasteiger partial charge < -0.3 is 10.6 Å². The van der Waals surface area contributed by atoms with Crippen LogP contribution in [-0.2, 0) is 0 Å². The van der Waals surface area contributed by atoms with Crippen molar-refractivity contribution in [2.45, 2.75) is 27.7 Å². The second kappa shape index (κ2) is 10.9. The maximum absolute atomic E-state index is 5.50. The van der Waals surface area contributed by atoms with E-state index in [0.717, 1.165) is 11.3 Å². The van der Waals surface area contributed by atoms with Gasteiger partial charge in [-0.3, -0.25) is 0 Å². The molecular weight excluding hydrogens is 210 g/mol. The molecule has 17 heavy (non-hydrogen) atoms.